The smallest absolute Gasteiger partial charge is 0.255 e. The van der Waals surface area contributed by atoms with Crippen LogP contribution in [0.3, 0.4) is 0 Å². The lowest BCUT2D eigenvalue weighted by atomic mass is 10.2. The lowest BCUT2D eigenvalue weighted by Gasteiger charge is -2.15. The van der Waals surface area contributed by atoms with E-state index in [0.29, 0.717) is 41.2 Å². The van der Waals surface area contributed by atoms with Gasteiger partial charge in [-0.05, 0) is 77.7 Å². The third kappa shape index (κ3) is 5.38. The molecule has 0 atom stereocenters. The van der Waals surface area contributed by atoms with E-state index in [1.165, 1.54) is 16.4 Å². The van der Waals surface area contributed by atoms with Crippen molar-refractivity contribution in [3.63, 3.8) is 0 Å². The minimum absolute atomic E-state index is 0.244. The van der Waals surface area contributed by atoms with Gasteiger partial charge < -0.3 is 10.1 Å². The third-order valence-electron chi connectivity index (χ3n) is 4.76. The second-order valence-electron chi connectivity index (χ2n) is 6.94. The van der Waals surface area contributed by atoms with Crippen LogP contribution in [0.25, 0.3) is 0 Å². The number of halogens is 1. The van der Waals surface area contributed by atoms with Crippen molar-refractivity contribution in [2.75, 3.05) is 25.0 Å². The van der Waals surface area contributed by atoms with Crippen LogP contribution < -0.4 is 10.1 Å². The number of carbonyl (C=O) groups is 1. The summed E-state index contributed by atoms with van der Waals surface area (Å²) >= 11 is 3.44. The highest BCUT2D eigenvalue weighted by Gasteiger charge is 2.26. The first-order valence-electron chi connectivity index (χ1n) is 9.75. The molecule has 156 valence electrons. The number of rotatable bonds is 8. The van der Waals surface area contributed by atoms with Crippen molar-refractivity contribution in [2.45, 2.75) is 37.5 Å². The summed E-state index contributed by atoms with van der Waals surface area (Å²) in [4.78, 5) is 12.8. The Morgan fingerprint density at radius 3 is 2.45 bits per heavy atom. The standard InChI is InChI=1S/C21H25BrN2O4S/c1-2-3-14-28-20-11-6-16(15-19(20)22)21(25)23-17-7-9-18(10-8-17)29(26,27)24-12-4-5-13-24/h6-11,15H,2-5,12-14H2,1H3,(H,23,25). The zero-order valence-electron chi connectivity index (χ0n) is 16.4. The third-order valence-corrected chi connectivity index (χ3v) is 7.30. The molecule has 3 rings (SSSR count). The average molecular weight is 481 g/mol. The van der Waals surface area contributed by atoms with E-state index in [0.717, 1.165) is 25.7 Å². The van der Waals surface area contributed by atoms with Crippen molar-refractivity contribution >= 4 is 37.5 Å². The molecule has 8 heteroatoms. The maximum absolute atomic E-state index is 12.6. The molecule has 0 radical (unpaired) electrons. The number of ether oxygens (including phenoxy) is 1. The maximum Gasteiger partial charge on any atom is 0.255 e. The molecule has 1 amide bonds. The van der Waals surface area contributed by atoms with Crippen LogP contribution >= 0.6 is 15.9 Å². The van der Waals surface area contributed by atoms with Crippen molar-refractivity contribution in [2.24, 2.45) is 0 Å². The van der Waals surface area contributed by atoms with Gasteiger partial charge in [-0.25, -0.2) is 8.42 Å². The van der Waals surface area contributed by atoms with Crippen molar-refractivity contribution in [3.8, 4) is 5.75 Å². The van der Waals surface area contributed by atoms with Gasteiger partial charge in [0.05, 0.1) is 16.0 Å². The number of carbonyl (C=O) groups excluding carboxylic acids is 1. The predicted octanol–water partition coefficient (Wildman–Crippen LogP) is 4.66. The monoisotopic (exact) mass is 480 g/mol. The minimum Gasteiger partial charge on any atom is -0.492 e. The molecule has 29 heavy (non-hydrogen) atoms. The lowest BCUT2D eigenvalue weighted by Crippen LogP contribution is -2.27. The largest absolute Gasteiger partial charge is 0.492 e. The molecule has 1 fully saturated rings. The average Bonchev–Trinajstić information content (AvgIpc) is 3.25. The molecule has 1 saturated heterocycles. The summed E-state index contributed by atoms with van der Waals surface area (Å²) in [6.07, 6.45) is 3.81. The summed E-state index contributed by atoms with van der Waals surface area (Å²) in [5.41, 5.74) is 1.02. The Bertz CT molecular complexity index is 955. The van der Waals surface area contributed by atoms with Gasteiger partial charge in [0.15, 0.2) is 0 Å². The summed E-state index contributed by atoms with van der Waals surface area (Å²) < 4.78 is 33.0. The Kier molecular flexibility index (Phi) is 7.32. The van der Waals surface area contributed by atoms with Crippen LogP contribution in [0.2, 0.25) is 0 Å². The Hall–Kier alpha value is -1.90. The number of benzene rings is 2. The Balaban J connectivity index is 1.65. The highest BCUT2D eigenvalue weighted by atomic mass is 79.9. The fourth-order valence-electron chi connectivity index (χ4n) is 3.08. The minimum atomic E-state index is -3.46. The van der Waals surface area contributed by atoms with Gasteiger partial charge in [0.1, 0.15) is 5.75 Å². The zero-order valence-corrected chi connectivity index (χ0v) is 18.8. The first kappa shape index (κ1) is 21.8. The number of anilines is 1. The van der Waals surface area contributed by atoms with E-state index >= 15 is 0 Å². The summed E-state index contributed by atoms with van der Waals surface area (Å²) in [5, 5.41) is 2.80. The molecule has 0 bridgehead atoms. The molecule has 1 aliphatic rings. The summed E-state index contributed by atoms with van der Waals surface area (Å²) in [5.74, 6) is 0.424. The van der Waals surface area contributed by atoms with E-state index in [-0.39, 0.29) is 10.8 Å². The van der Waals surface area contributed by atoms with Crippen molar-refractivity contribution in [1.82, 2.24) is 4.31 Å². The second kappa shape index (κ2) is 9.73. The van der Waals surface area contributed by atoms with Gasteiger partial charge in [-0.3, -0.25) is 4.79 Å². The fraction of sp³-hybridized carbons (Fsp3) is 0.381. The van der Waals surface area contributed by atoms with Crippen LogP contribution in [-0.2, 0) is 10.0 Å². The number of hydrogen-bond donors (Lipinski definition) is 1. The predicted molar refractivity (Wildman–Crippen MR) is 117 cm³/mol. The molecule has 2 aromatic carbocycles. The van der Waals surface area contributed by atoms with E-state index in [1.807, 2.05) is 0 Å². The molecule has 0 aromatic heterocycles. The molecule has 0 unspecified atom stereocenters. The number of nitrogens with zero attached hydrogens (tertiary/aromatic N) is 1. The van der Waals surface area contributed by atoms with Crippen LogP contribution in [0.4, 0.5) is 5.69 Å². The maximum atomic E-state index is 12.6. The second-order valence-corrected chi connectivity index (χ2v) is 9.73. The molecular weight excluding hydrogens is 456 g/mol. The van der Waals surface area contributed by atoms with E-state index in [9.17, 15) is 13.2 Å². The van der Waals surface area contributed by atoms with Gasteiger partial charge in [0.2, 0.25) is 10.0 Å². The van der Waals surface area contributed by atoms with Crippen LogP contribution in [0, 0.1) is 0 Å². The first-order valence-corrected chi connectivity index (χ1v) is 12.0. The number of unbranched alkanes of at least 4 members (excludes halogenated alkanes) is 1. The number of hydrogen-bond acceptors (Lipinski definition) is 4. The first-order chi connectivity index (χ1) is 13.9. The van der Waals surface area contributed by atoms with Gasteiger partial charge in [-0.15, -0.1) is 0 Å². The lowest BCUT2D eigenvalue weighted by molar-refractivity contribution is 0.102. The highest BCUT2D eigenvalue weighted by Crippen LogP contribution is 2.27. The Labute approximate surface area is 180 Å². The topological polar surface area (TPSA) is 75.7 Å². The number of nitrogens with one attached hydrogen (secondary N) is 1. The molecule has 1 N–H and O–H groups in total. The molecular formula is C21H25BrN2O4S. The number of amides is 1. The Morgan fingerprint density at radius 1 is 1.14 bits per heavy atom. The van der Waals surface area contributed by atoms with Gasteiger partial charge in [0, 0.05) is 24.3 Å². The van der Waals surface area contributed by atoms with E-state index in [2.05, 4.69) is 28.2 Å². The van der Waals surface area contributed by atoms with Gasteiger partial charge in [0.25, 0.3) is 5.91 Å². The van der Waals surface area contributed by atoms with Crippen LogP contribution in [-0.4, -0.2) is 38.3 Å². The van der Waals surface area contributed by atoms with Gasteiger partial charge >= 0.3 is 0 Å². The van der Waals surface area contributed by atoms with E-state index in [1.54, 1.807) is 30.3 Å². The normalized spacial score (nSPS) is 14.7. The van der Waals surface area contributed by atoms with Crippen molar-refractivity contribution in [1.29, 1.82) is 0 Å². The van der Waals surface area contributed by atoms with Crippen LogP contribution in [0.5, 0.6) is 5.75 Å². The van der Waals surface area contributed by atoms with Crippen molar-refractivity contribution in [3.05, 3.63) is 52.5 Å². The van der Waals surface area contributed by atoms with Crippen LogP contribution in [0.1, 0.15) is 43.0 Å². The Morgan fingerprint density at radius 2 is 1.83 bits per heavy atom. The summed E-state index contributed by atoms with van der Waals surface area (Å²) in [6, 6.07) is 11.5. The molecule has 1 heterocycles. The van der Waals surface area contributed by atoms with Crippen molar-refractivity contribution < 1.29 is 17.9 Å². The van der Waals surface area contributed by atoms with E-state index < -0.39 is 10.0 Å². The fourth-order valence-corrected chi connectivity index (χ4v) is 5.09. The molecule has 0 saturated carbocycles. The summed E-state index contributed by atoms with van der Waals surface area (Å²) in [7, 11) is -3.46. The van der Waals surface area contributed by atoms with Gasteiger partial charge in [-0.1, -0.05) is 13.3 Å². The molecule has 0 spiro atoms. The molecule has 2 aromatic rings. The number of sulfonamides is 1. The van der Waals surface area contributed by atoms with E-state index in [4.69, 9.17) is 4.74 Å². The molecule has 6 nitrogen and oxygen atoms in total. The quantitative estimate of drug-likeness (QED) is 0.557. The van der Waals surface area contributed by atoms with Gasteiger partial charge in [-0.2, -0.15) is 4.31 Å². The molecule has 0 aliphatic carbocycles. The highest BCUT2D eigenvalue weighted by molar-refractivity contribution is 9.10. The zero-order chi connectivity index (χ0) is 20.9. The van der Waals surface area contributed by atoms with Crippen LogP contribution in [0.15, 0.2) is 51.8 Å². The SMILES string of the molecule is CCCCOc1ccc(C(=O)Nc2ccc(S(=O)(=O)N3CCCC3)cc2)cc1Br. The molecule has 1 aliphatic heterocycles. The summed E-state index contributed by atoms with van der Waals surface area (Å²) in [6.45, 7) is 3.86.